The second-order valence-electron chi connectivity index (χ2n) is 4.47. The van der Waals surface area contributed by atoms with E-state index in [9.17, 15) is 9.90 Å². The van der Waals surface area contributed by atoms with E-state index in [1.807, 2.05) is 17.5 Å². The molecule has 3 heterocycles. The Hall–Kier alpha value is -0.950. The Kier molecular flexibility index (Phi) is 3.11. The molecule has 4 nitrogen and oxygen atoms in total. The lowest BCUT2D eigenvalue weighted by molar-refractivity contribution is 0.0265. The van der Waals surface area contributed by atoms with Crippen LogP contribution in [-0.2, 0) is 4.74 Å². The second-order valence-corrected chi connectivity index (χ2v) is 6.50. The summed E-state index contributed by atoms with van der Waals surface area (Å²) < 4.78 is 7.40. The number of ether oxygens (including phenoxy) is 1. The van der Waals surface area contributed by atoms with Crippen molar-refractivity contribution in [3.63, 3.8) is 0 Å². The van der Waals surface area contributed by atoms with Crippen molar-refractivity contribution in [1.82, 2.24) is 5.32 Å². The maximum atomic E-state index is 12.0. The molecule has 0 aromatic carbocycles. The third-order valence-electron chi connectivity index (χ3n) is 3.02. The number of carbonyl (C=O) groups excluding carboxylic acids is 1. The van der Waals surface area contributed by atoms with Crippen LogP contribution in [0.25, 0.3) is 9.40 Å². The van der Waals surface area contributed by atoms with Crippen molar-refractivity contribution in [1.29, 1.82) is 0 Å². The number of amides is 1. The molecule has 2 N–H and O–H groups in total. The topological polar surface area (TPSA) is 58.6 Å². The van der Waals surface area contributed by atoms with Gasteiger partial charge in [0.25, 0.3) is 5.91 Å². The highest BCUT2D eigenvalue weighted by Crippen LogP contribution is 2.29. The number of rotatable bonds is 3. The highest BCUT2D eigenvalue weighted by Gasteiger charge is 2.32. The fourth-order valence-corrected chi connectivity index (χ4v) is 3.97. The Morgan fingerprint density at radius 3 is 3.17 bits per heavy atom. The van der Waals surface area contributed by atoms with Crippen molar-refractivity contribution < 1.29 is 14.6 Å². The summed E-state index contributed by atoms with van der Waals surface area (Å²) >= 11 is 3.11. The predicted molar refractivity (Wildman–Crippen MR) is 72.4 cm³/mol. The number of thiophene rings is 2. The average Bonchev–Trinajstić information content (AvgIpc) is 3.00. The Morgan fingerprint density at radius 2 is 2.44 bits per heavy atom. The molecule has 1 amide bonds. The van der Waals surface area contributed by atoms with Gasteiger partial charge in [-0.1, -0.05) is 0 Å². The van der Waals surface area contributed by atoms with Gasteiger partial charge in [0.2, 0.25) is 0 Å². The third kappa shape index (κ3) is 2.29. The molecule has 2 aromatic heterocycles. The summed E-state index contributed by atoms with van der Waals surface area (Å²) in [6.07, 6.45) is 0.576. The molecule has 3 rings (SSSR count). The zero-order valence-electron chi connectivity index (χ0n) is 9.64. The van der Waals surface area contributed by atoms with Gasteiger partial charge in [-0.2, -0.15) is 0 Å². The van der Waals surface area contributed by atoms with Crippen LogP contribution in [0.1, 0.15) is 16.1 Å². The molecule has 1 aliphatic rings. The van der Waals surface area contributed by atoms with Gasteiger partial charge in [0.1, 0.15) is 5.60 Å². The van der Waals surface area contributed by atoms with Crippen LogP contribution in [0.2, 0.25) is 0 Å². The molecule has 0 radical (unpaired) electrons. The minimum Gasteiger partial charge on any atom is -0.386 e. The van der Waals surface area contributed by atoms with Crippen molar-refractivity contribution in [3.8, 4) is 0 Å². The predicted octanol–water partition coefficient (Wildman–Crippen LogP) is 1.84. The standard InChI is InChI=1S/C12H13NO3S2/c14-11(13-6-12(15)2-3-16-7-12)10-5-9-8(18-10)1-4-17-9/h1,4-5,15H,2-3,6-7H2,(H,13,14). The lowest BCUT2D eigenvalue weighted by atomic mass is 10.0. The quantitative estimate of drug-likeness (QED) is 0.903. The van der Waals surface area contributed by atoms with Crippen LogP contribution in [0, 0.1) is 0 Å². The molecule has 1 saturated heterocycles. The zero-order valence-corrected chi connectivity index (χ0v) is 11.3. The normalized spacial score (nSPS) is 23.6. The van der Waals surface area contributed by atoms with Gasteiger partial charge >= 0.3 is 0 Å². The molecule has 1 fully saturated rings. The maximum absolute atomic E-state index is 12.0. The van der Waals surface area contributed by atoms with Crippen molar-refractivity contribution in [3.05, 3.63) is 22.4 Å². The fourth-order valence-electron chi connectivity index (χ4n) is 1.95. The fraction of sp³-hybridized carbons (Fsp3) is 0.417. The highest BCUT2D eigenvalue weighted by atomic mass is 32.1. The minimum absolute atomic E-state index is 0.122. The largest absolute Gasteiger partial charge is 0.386 e. The third-order valence-corrected chi connectivity index (χ3v) is 5.12. The van der Waals surface area contributed by atoms with Gasteiger partial charge < -0.3 is 15.2 Å². The SMILES string of the molecule is O=C(NCC1(O)CCOC1)c1cc2sccc2s1. The van der Waals surface area contributed by atoms with Crippen LogP contribution in [-0.4, -0.2) is 36.4 Å². The molecule has 0 bridgehead atoms. The Balaban J connectivity index is 1.66. The summed E-state index contributed by atoms with van der Waals surface area (Å²) in [5.74, 6) is -0.122. The molecule has 6 heteroatoms. The van der Waals surface area contributed by atoms with Gasteiger partial charge in [0, 0.05) is 29.0 Å². The van der Waals surface area contributed by atoms with Crippen LogP contribution >= 0.6 is 22.7 Å². The second kappa shape index (κ2) is 4.62. The van der Waals surface area contributed by atoms with Gasteiger partial charge in [-0.05, 0) is 17.5 Å². The first-order chi connectivity index (χ1) is 8.66. The molecule has 0 saturated carbocycles. The van der Waals surface area contributed by atoms with E-state index in [1.54, 1.807) is 11.3 Å². The first-order valence-corrected chi connectivity index (χ1v) is 7.41. The molecule has 1 unspecified atom stereocenters. The molecule has 1 atom stereocenters. The van der Waals surface area contributed by atoms with E-state index in [1.165, 1.54) is 11.3 Å². The van der Waals surface area contributed by atoms with Crippen LogP contribution in [0.3, 0.4) is 0 Å². The van der Waals surface area contributed by atoms with Crippen LogP contribution in [0.5, 0.6) is 0 Å². The summed E-state index contributed by atoms with van der Waals surface area (Å²) in [5.41, 5.74) is -0.899. The van der Waals surface area contributed by atoms with Crippen LogP contribution < -0.4 is 5.32 Å². The summed E-state index contributed by atoms with van der Waals surface area (Å²) in [6.45, 7) is 1.10. The maximum Gasteiger partial charge on any atom is 0.261 e. The van der Waals surface area contributed by atoms with Gasteiger partial charge in [0.05, 0.1) is 11.5 Å². The first kappa shape index (κ1) is 12.1. The minimum atomic E-state index is -0.899. The van der Waals surface area contributed by atoms with Crippen molar-refractivity contribution in [2.75, 3.05) is 19.8 Å². The number of hydrogen-bond acceptors (Lipinski definition) is 5. The van der Waals surface area contributed by atoms with E-state index in [0.29, 0.717) is 24.5 Å². The van der Waals surface area contributed by atoms with Crippen LogP contribution in [0.4, 0.5) is 0 Å². The molecule has 2 aromatic rings. The monoisotopic (exact) mass is 283 g/mol. The number of nitrogens with one attached hydrogen (secondary N) is 1. The number of fused-ring (bicyclic) bond motifs is 1. The van der Waals surface area contributed by atoms with E-state index >= 15 is 0 Å². The summed E-state index contributed by atoms with van der Waals surface area (Å²) in [6, 6.07) is 3.91. The van der Waals surface area contributed by atoms with E-state index in [4.69, 9.17) is 4.74 Å². The molecule has 96 valence electrons. The average molecular weight is 283 g/mol. The van der Waals surface area contributed by atoms with Crippen LogP contribution in [0.15, 0.2) is 17.5 Å². The van der Waals surface area contributed by atoms with E-state index in [-0.39, 0.29) is 12.5 Å². The number of hydrogen-bond donors (Lipinski definition) is 2. The van der Waals surface area contributed by atoms with Gasteiger partial charge in [-0.15, -0.1) is 22.7 Å². The molecule has 0 aliphatic carbocycles. The number of aliphatic hydroxyl groups is 1. The van der Waals surface area contributed by atoms with E-state index in [0.717, 1.165) is 9.40 Å². The molecule has 0 spiro atoms. The van der Waals surface area contributed by atoms with Gasteiger partial charge in [0.15, 0.2) is 0 Å². The zero-order chi connectivity index (χ0) is 12.6. The Morgan fingerprint density at radius 1 is 1.56 bits per heavy atom. The summed E-state index contributed by atoms with van der Waals surface area (Å²) in [4.78, 5) is 12.7. The summed E-state index contributed by atoms with van der Waals surface area (Å²) in [7, 11) is 0. The molecular weight excluding hydrogens is 270 g/mol. The van der Waals surface area contributed by atoms with Crippen molar-refractivity contribution >= 4 is 38.0 Å². The van der Waals surface area contributed by atoms with Gasteiger partial charge in [-0.25, -0.2) is 0 Å². The Bertz CT molecular complexity index is 540. The molecule has 1 aliphatic heterocycles. The Labute approximate surface area is 112 Å². The van der Waals surface area contributed by atoms with Crippen molar-refractivity contribution in [2.24, 2.45) is 0 Å². The van der Waals surface area contributed by atoms with Crippen molar-refractivity contribution in [2.45, 2.75) is 12.0 Å². The molecular formula is C12H13NO3S2. The smallest absolute Gasteiger partial charge is 0.261 e. The first-order valence-electron chi connectivity index (χ1n) is 5.72. The highest BCUT2D eigenvalue weighted by molar-refractivity contribution is 7.27. The van der Waals surface area contributed by atoms with E-state index < -0.39 is 5.60 Å². The lowest BCUT2D eigenvalue weighted by Gasteiger charge is -2.20. The summed E-state index contributed by atoms with van der Waals surface area (Å²) in [5, 5.41) is 14.8. The van der Waals surface area contributed by atoms with E-state index in [2.05, 4.69) is 5.32 Å². The van der Waals surface area contributed by atoms with Gasteiger partial charge in [-0.3, -0.25) is 4.79 Å². The lowest BCUT2D eigenvalue weighted by Crippen LogP contribution is -2.43. The molecule has 18 heavy (non-hydrogen) atoms. The number of carbonyl (C=O) groups is 1.